The van der Waals surface area contributed by atoms with Gasteiger partial charge in [0.05, 0.1) is 4.90 Å². The van der Waals surface area contributed by atoms with Crippen molar-refractivity contribution < 1.29 is 17.9 Å². The van der Waals surface area contributed by atoms with Crippen LogP contribution in [-0.2, 0) is 21.4 Å². The molecule has 0 aliphatic carbocycles. The molecule has 6 nitrogen and oxygen atoms in total. The van der Waals surface area contributed by atoms with Crippen molar-refractivity contribution in [2.75, 3.05) is 13.7 Å². The lowest BCUT2D eigenvalue weighted by Gasteiger charge is -2.10. The predicted octanol–water partition coefficient (Wildman–Crippen LogP) is 1.91. The van der Waals surface area contributed by atoms with E-state index in [0.717, 1.165) is 11.1 Å². The molecule has 1 amide bonds. The van der Waals surface area contributed by atoms with Crippen LogP contribution in [0.5, 0.6) is 5.75 Å². The zero-order chi connectivity index (χ0) is 18.4. The van der Waals surface area contributed by atoms with Gasteiger partial charge in [0.1, 0.15) is 5.75 Å². The summed E-state index contributed by atoms with van der Waals surface area (Å²) in [6.07, 6.45) is 0. The molecule has 0 bridgehead atoms. The van der Waals surface area contributed by atoms with Gasteiger partial charge in [-0.1, -0.05) is 18.2 Å². The summed E-state index contributed by atoms with van der Waals surface area (Å²) < 4.78 is 31.3. The van der Waals surface area contributed by atoms with Gasteiger partial charge in [0.2, 0.25) is 10.0 Å². The molecular formula is C18H22N2O4S. The number of ether oxygens (including phenoxy) is 1. The van der Waals surface area contributed by atoms with Crippen molar-refractivity contribution >= 4 is 15.9 Å². The Labute approximate surface area is 148 Å². The van der Waals surface area contributed by atoms with Crippen LogP contribution >= 0.6 is 0 Å². The van der Waals surface area contributed by atoms with Gasteiger partial charge >= 0.3 is 0 Å². The number of carbonyl (C=O) groups is 1. The second kappa shape index (κ2) is 8.13. The summed E-state index contributed by atoms with van der Waals surface area (Å²) in [5.41, 5.74) is 2.95. The fourth-order valence-electron chi connectivity index (χ4n) is 2.14. The Morgan fingerprint density at radius 3 is 2.52 bits per heavy atom. The summed E-state index contributed by atoms with van der Waals surface area (Å²) in [6.45, 7) is 4.11. The molecule has 0 unspecified atom stereocenters. The van der Waals surface area contributed by atoms with Crippen molar-refractivity contribution in [1.29, 1.82) is 0 Å². The van der Waals surface area contributed by atoms with Gasteiger partial charge < -0.3 is 10.1 Å². The molecule has 2 rings (SSSR count). The molecule has 25 heavy (non-hydrogen) atoms. The highest BCUT2D eigenvalue weighted by molar-refractivity contribution is 7.89. The first-order valence-electron chi connectivity index (χ1n) is 7.81. The van der Waals surface area contributed by atoms with Gasteiger partial charge in [-0.3, -0.25) is 4.79 Å². The molecule has 0 heterocycles. The van der Waals surface area contributed by atoms with Crippen LogP contribution < -0.4 is 14.8 Å². The van der Waals surface area contributed by atoms with Gasteiger partial charge in [-0.25, -0.2) is 13.1 Å². The molecule has 0 radical (unpaired) electrons. The molecule has 0 aromatic heterocycles. The predicted molar refractivity (Wildman–Crippen MR) is 95.9 cm³/mol. The first kappa shape index (κ1) is 19.0. The number of amides is 1. The van der Waals surface area contributed by atoms with Gasteiger partial charge in [0, 0.05) is 6.54 Å². The monoisotopic (exact) mass is 362 g/mol. The summed E-state index contributed by atoms with van der Waals surface area (Å²) in [5.74, 6) is 0.362. The molecule has 0 saturated heterocycles. The molecule has 2 aromatic carbocycles. The first-order chi connectivity index (χ1) is 11.8. The summed E-state index contributed by atoms with van der Waals surface area (Å²) in [7, 11) is -2.15. The van der Waals surface area contributed by atoms with Crippen molar-refractivity contribution in [2.45, 2.75) is 25.3 Å². The number of rotatable bonds is 7. The Bertz CT molecular complexity index is 863. The van der Waals surface area contributed by atoms with Crippen LogP contribution in [0.25, 0.3) is 0 Å². The van der Waals surface area contributed by atoms with Crippen LogP contribution in [0.4, 0.5) is 0 Å². The van der Waals surface area contributed by atoms with Gasteiger partial charge in [-0.15, -0.1) is 0 Å². The topological polar surface area (TPSA) is 84.5 Å². The Balaban J connectivity index is 1.90. The highest BCUT2D eigenvalue weighted by atomic mass is 32.2. The summed E-state index contributed by atoms with van der Waals surface area (Å²) in [4.78, 5) is 12.1. The highest BCUT2D eigenvalue weighted by Crippen LogP contribution is 2.16. The lowest BCUT2D eigenvalue weighted by molar-refractivity contribution is -0.123. The van der Waals surface area contributed by atoms with E-state index < -0.39 is 10.0 Å². The van der Waals surface area contributed by atoms with Crippen LogP contribution in [-0.4, -0.2) is 28.0 Å². The molecule has 134 valence electrons. The lowest BCUT2D eigenvalue weighted by Crippen LogP contribution is -2.28. The van der Waals surface area contributed by atoms with E-state index in [1.54, 1.807) is 12.1 Å². The fourth-order valence-corrected chi connectivity index (χ4v) is 2.94. The molecule has 2 N–H and O–H groups in total. The van der Waals surface area contributed by atoms with E-state index in [1.165, 1.54) is 19.2 Å². The summed E-state index contributed by atoms with van der Waals surface area (Å²) in [6, 6.07) is 12.1. The summed E-state index contributed by atoms with van der Waals surface area (Å²) >= 11 is 0. The first-order valence-corrected chi connectivity index (χ1v) is 9.29. The number of sulfonamides is 1. The zero-order valence-corrected chi connectivity index (χ0v) is 15.3. The van der Waals surface area contributed by atoms with Crippen LogP contribution in [0.3, 0.4) is 0 Å². The van der Waals surface area contributed by atoms with Crippen molar-refractivity contribution in [3.8, 4) is 5.75 Å². The maximum Gasteiger partial charge on any atom is 0.258 e. The summed E-state index contributed by atoms with van der Waals surface area (Å²) in [5, 5.41) is 2.71. The third-order valence-electron chi connectivity index (χ3n) is 3.82. The fraction of sp³-hybridized carbons (Fsp3) is 0.278. The smallest absolute Gasteiger partial charge is 0.258 e. The second-order valence-corrected chi connectivity index (χ2v) is 7.55. The average Bonchev–Trinajstić information content (AvgIpc) is 2.61. The van der Waals surface area contributed by atoms with E-state index in [-0.39, 0.29) is 24.0 Å². The van der Waals surface area contributed by atoms with Crippen molar-refractivity contribution in [1.82, 2.24) is 10.0 Å². The third-order valence-corrected chi connectivity index (χ3v) is 5.23. The number of hydrogen-bond donors (Lipinski definition) is 2. The minimum Gasteiger partial charge on any atom is -0.484 e. The molecule has 0 aliphatic heterocycles. The minimum atomic E-state index is -3.50. The normalized spacial score (nSPS) is 11.2. The highest BCUT2D eigenvalue weighted by Gasteiger charge is 2.11. The Morgan fingerprint density at radius 2 is 1.84 bits per heavy atom. The molecule has 0 atom stereocenters. The van der Waals surface area contributed by atoms with Gasteiger partial charge in [0.15, 0.2) is 6.61 Å². The molecule has 0 saturated carbocycles. The molecule has 0 fully saturated rings. The zero-order valence-electron chi connectivity index (χ0n) is 14.5. The van der Waals surface area contributed by atoms with E-state index >= 15 is 0 Å². The maximum absolute atomic E-state index is 11.9. The van der Waals surface area contributed by atoms with E-state index in [4.69, 9.17) is 4.74 Å². The second-order valence-electron chi connectivity index (χ2n) is 5.67. The van der Waals surface area contributed by atoms with Crippen LogP contribution in [0.2, 0.25) is 0 Å². The van der Waals surface area contributed by atoms with Gasteiger partial charge in [0.25, 0.3) is 5.91 Å². The third kappa shape index (κ3) is 5.30. The quantitative estimate of drug-likeness (QED) is 0.788. The van der Waals surface area contributed by atoms with E-state index in [9.17, 15) is 13.2 Å². The van der Waals surface area contributed by atoms with E-state index in [2.05, 4.69) is 10.0 Å². The van der Waals surface area contributed by atoms with Crippen LogP contribution in [0, 0.1) is 13.8 Å². The van der Waals surface area contributed by atoms with Crippen LogP contribution in [0.15, 0.2) is 47.4 Å². The van der Waals surface area contributed by atoms with Gasteiger partial charge in [-0.05, 0) is 61.9 Å². The molecular weight excluding hydrogens is 340 g/mol. The average molecular weight is 362 g/mol. The lowest BCUT2D eigenvalue weighted by atomic mass is 10.1. The minimum absolute atomic E-state index is 0.100. The Kier molecular flexibility index (Phi) is 6.17. The SMILES string of the molecule is CNS(=O)(=O)c1cccc(CNC(=O)COc2ccc(C)c(C)c2)c1. The standard InChI is InChI=1S/C18H22N2O4S/c1-13-7-8-16(9-14(13)2)24-12-18(21)20-11-15-5-4-6-17(10-15)25(22,23)19-3/h4-10,19H,11-12H2,1-3H3,(H,20,21). The Morgan fingerprint density at radius 1 is 1.08 bits per heavy atom. The number of hydrogen-bond acceptors (Lipinski definition) is 4. The molecule has 0 aliphatic rings. The van der Waals surface area contributed by atoms with E-state index in [1.807, 2.05) is 32.0 Å². The number of nitrogens with one attached hydrogen (secondary N) is 2. The largest absolute Gasteiger partial charge is 0.484 e. The van der Waals surface area contributed by atoms with Crippen LogP contribution in [0.1, 0.15) is 16.7 Å². The van der Waals surface area contributed by atoms with Gasteiger partial charge in [-0.2, -0.15) is 0 Å². The number of aryl methyl sites for hydroxylation is 2. The van der Waals surface area contributed by atoms with Crippen molar-refractivity contribution in [2.24, 2.45) is 0 Å². The molecule has 2 aromatic rings. The number of carbonyl (C=O) groups excluding carboxylic acids is 1. The molecule has 0 spiro atoms. The van der Waals surface area contributed by atoms with Crippen molar-refractivity contribution in [3.63, 3.8) is 0 Å². The molecule has 7 heteroatoms. The Hall–Kier alpha value is -2.38. The van der Waals surface area contributed by atoms with Crippen molar-refractivity contribution in [3.05, 3.63) is 59.2 Å². The van der Waals surface area contributed by atoms with E-state index in [0.29, 0.717) is 11.3 Å². The maximum atomic E-state index is 11.9. The number of benzene rings is 2.